The molecule has 0 amide bonds. The molecule has 12 heavy (non-hydrogen) atoms. The average Bonchev–Trinajstić information content (AvgIpc) is 1.96. The topological polar surface area (TPSA) is 32.9 Å². The molecular weight excluding hydrogens is 279 g/mol. The van der Waals surface area contributed by atoms with Gasteiger partial charge in [-0.2, -0.15) is 0 Å². The van der Waals surface area contributed by atoms with Gasteiger partial charge in [0.1, 0.15) is 0 Å². The van der Waals surface area contributed by atoms with Crippen LogP contribution < -0.4 is 5.56 Å². The van der Waals surface area contributed by atoms with Gasteiger partial charge in [0, 0.05) is 9.26 Å². The number of nitrogens with one attached hydrogen (secondary N) is 1. The van der Waals surface area contributed by atoms with E-state index in [4.69, 9.17) is 0 Å². The van der Waals surface area contributed by atoms with Gasteiger partial charge in [-0.1, -0.05) is 0 Å². The number of aromatic amines is 1. The molecule has 0 spiro atoms. The lowest BCUT2D eigenvalue weighted by molar-refractivity contribution is 0.149. The molecule has 0 aromatic carbocycles. The van der Waals surface area contributed by atoms with Crippen LogP contribution in [0.1, 0.15) is 17.7 Å². The monoisotopic (exact) mass is 285 g/mol. The molecule has 1 heterocycles. The van der Waals surface area contributed by atoms with E-state index in [-0.39, 0.29) is 0 Å². The van der Waals surface area contributed by atoms with Crippen LogP contribution in [0.2, 0.25) is 0 Å². The fourth-order valence-corrected chi connectivity index (χ4v) is 1.24. The zero-order valence-corrected chi connectivity index (χ0v) is 8.35. The third kappa shape index (κ3) is 1.82. The molecule has 0 bridgehead atoms. The molecule has 66 valence electrons. The summed E-state index contributed by atoms with van der Waals surface area (Å²) in [6.07, 6.45) is -2.71. The Morgan fingerprint density at radius 1 is 1.58 bits per heavy atom. The second kappa shape index (κ2) is 3.51. The predicted molar refractivity (Wildman–Crippen MR) is 49.5 cm³/mol. The Balaban J connectivity index is 3.33. The third-order valence-corrected chi connectivity index (χ3v) is 2.56. The molecular formula is C7H6F2INO. The molecule has 0 atom stereocenters. The van der Waals surface area contributed by atoms with Crippen molar-refractivity contribution in [3.05, 3.63) is 31.2 Å². The summed E-state index contributed by atoms with van der Waals surface area (Å²) in [6.45, 7) is 1.67. The first-order valence-corrected chi connectivity index (χ1v) is 4.27. The molecule has 1 N–H and O–H groups in total. The van der Waals surface area contributed by atoms with Crippen LogP contribution in [-0.2, 0) is 0 Å². The molecule has 0 saturated heterocycles. The standard InChI is InChI=1S/C7H6F2INO/c1-3-5(10)2-4(6(8)9)7(12)11-3/h2,6H,1H3,(H,11,12). The van der Waals surface area contributed by atoms with E-state index in [1.165, 1.54) is 6.07 Å². The van der Waals surface area contributed by atoms with Gasteiger partial charge in [0.25, 0.3) is 12.0 Å². The summed E-state index contributed by atoms with van der Waals surface area (Å²) < 4.78 is 24.9. The van der Waals surface area contributed by atoms with E-state index < -0.39 is 17.5 Å². The van der Waals surface area contributed by atoms with Crippen molar-refractivity contribution >= 4 is 22.6 Å². The molecule has 0 fully saturated rings. The molecule has 0 saturated carbocycles. The Morgan fingerprint density at radius 2 is 2.17 bits per heavy atom. The summed E-state index contributed by atoms with van der Waals surface area (Å²) in [5, 5.41) is 0. The fourth-order valence-electron chi connectivity index (χ4n) is 0.775. The van der Waals surface area contributed by atoms with E-state index >= 15 is 0 Å². The van der Waals surface area contributed by atoms with Crippen molar-refractivity contribution in [1.82, 2.24) is 4.98 Å². The van der Waals surface area contributed by atoms with Crippen LogP contribution in [0.4, 0.5) is 8.78 Å². The van der Waals surface area contributed by atoms with E-state index in [9.17, 15) is 13.6 Å². The minimum absolute atomic E-state index is 0.468. The van der Waals surface area contributed by atoms with Crippen molar-refractivity contribution in [1.29, 1.82) is 0 Å². The van der Waals surface area contributed by atoms with Gasteiger partial charge in [-0.05, 0) is 35.6 Å². The Bertz CT molecular complexity index is 348. The quantitative estimate of drug-likeness (QED) is 0.788. The minimum Gasteiger partial charge on any atom is -0.325 e. The zero-order chi connectivity index (χ0) is 9.30. The van der Waals surface area contributed by atoms with Crippen LogP contribution in [0.3, 0.4) is 0 Å². The molecule has 0 aliphatic carbocycles. The van der Waals surface area contributed by atoms with Crippen molar-refractivity contribution < 1.29 is 8.78 Å². The van der Waals surface area contributed by atoms with Crippen molar-refractivity contribution in [2.45, 2.75) is 13.3 Å². The van der Waals surface area contributed by atoms with Crippen LogP contribution >= 0.6 is 22.6 Å². The molecule has 2 nitrogen and oxygen atoms in total. The Morgan fingerprint density at radius 3 is 2.67 bits per heavy atom. The maximum atomic E-state index is 12.1. The summed E-state index contributed by atoms with van der Waals surface area (Å²) in [5.74, 6) is 0. The lowest BCUT2D eigenvalue weighted by Crippen LogP contribution is -2.14. The lowest BCUT2D eigenvalue weighted by Gasteiger charge is -2.01. The van der Waals surface area contributed by atoms with Crippen molar-refractivity contribution in [2.75, 3.05) is 0 Å². The van der Waals surface area contributed by atoms with Gasteiger partial charge in [-0.25, -0.2) is 8.78 Å². The number of halogens is 3. The van der Waals surface area contributed by atoms with E-state index in [0.29, 0.717) is 9.26 Å². The predicted octanol–water partition coefficient (Wildman–Crippen LogP) is 2.23. The number of H-pyrrole nitrogens is 1. The second-order valence-electron chi connectivity index (χ2n) is 2.33. The third-order valence-electron chi connectivity index (χ3n) is 1.44. The summed E-state index contributed by atoms with van der Waals surface area (Å²) in [7, 11) is 0. The molecule has 5 heteroatoms. The second-order valence-corrected chi connectivity index (χ2v) is 3.49. The van der Waals surface area contributed by atoms with E-state index in [2.05, 4.69) is 4.98 Å². The van der Waals surface area contributed by atoms with Gasteiger partial charge in [0.05, 0.1) is 5.56 Å². The SMILES string of the molecule is Cc1[nH]c(=O)c(C(F)F)cc1I. The van der Waals surface area contributed by atoms with Crippen molar-refractivity contribution in [2.24, 2.45) is 0 Å². The summed E-state index contributed by atoms with van der Waals surface area (Å²) in [4.78, 5) is 13.2. The molecule has 1 rings (SSSR count). The number of hydrogen-bond donors (Lipinski definition) is 1. The van der Waals surface area contributed by atoms with Crippen LogP contribution in [0.25, 0.3) is 0 Å². The number of alkyl halides is 2. The van der Waals surface area contributed by atoms with E-state index in [1.807, 2.05) is 22.6 Å². The molecule has 1 aromatic rings. The van der Waals surface area contributed by atoms with Crippen LogP contribution in [0, 0.1) is 10.5 Å². The van der Waals surface area contributed by atoms with Gasteiger partial charge in [-0.3, -0.25) is 4.79 Å². The summed E-state index contributed by atoms with van der Waals surface area (Å²) >= 11 is 1.90. The van der Waals surface area contributed by atoms with Gasteiger partial charge in [0.15, 0.2) is 0 Å². The highest BCUT2D eigenvalue weighted by Crippen LogP contribution is 2.17. The maximum Gasteiger partial charge on any atom is 0.269 e. The molecule has 1 aromatic heterocycles. The van der Waals surface area contributed by atoms with Crippen LogP contribution in [0.5, 0.6) is 0 Å². The number of rotatable bonds is 1. The molecule has 0 aliphatic rings. The summed E-state index contributed by atoms with van der Waals surface area (Å²) in [5.41, 5.74) is -0.557. The van der Waals surface area contributed by atoms with Gasteiger partial charge in [0.2, 0.25) is 0 Å². The average molecular weight is 285 g/mol. The van der Waals surface area contributed by atoms with Gasteiger partial charge < -0.3 is 4.98 Å². The fraction of sp³-hybridized carbons (Fsp3) is 0.286. The van der Waals surface area contributed by atoms with Crippen molar-refractivity contribution in [3.63, 3.8) is 0 Å². The Hall–Kier alpha value is -0.460. The highest BCUT2D eigenvalue weighted by molar-refractivity contribution is 14.1. The van der Waals surface area contributed by atoms with Crippen LogP contribution in [-0.4, -0.2) is 4.98 Å². The lowest BCUT2D eigenvalue weighted by atomic mass is 10.2. The first kappa shape index (κ1) is 9.63. The highest BCUT2D eigenvalue weighted by Gasteiger charge is 2.13. The maximum absolute atomic E-state index is 12.1. The van der Waals surface area contributed by atoms with Crippen LogP contribution in [0.15, 0.2) is 10.9 Å². The molecule has 0 unspecified atom stereocenters. The van der Waals surface area contributed by atoms with E-state index in [1.54, 1.807) is 6.92 Å². The Kier molecular flexibility index (Phi) is 2.81. The first-order chi connectivity index (χ1) is 5.52. The molecule has 0 aliphatic heterocycles. The number of pyridine rings is 1. The number of aromatic nitrogens is 1. The van der Waals surface area contributed by atoms with Gasteiger partial charge in [-0.15, -0.1) is 0 Å². The molecule has 0 radical (unpaired) electrons. The highest BCUT2D eigenvalue weighted by atomic mass is 127. The summed E-state index contributed by atoms with van der Waals surface area (Å²) in [6, 6.07) is 1.21. The largest absolute Gasteiger partial charge is 0.325 e. The minimum atomic E-state index is -2.71. The van der Waals surface area contributed by atoms with Gasteiger partial charge >= 0.3 is 0 Å². The normalized spacial score (nSPS) is 10.8. The number of hydrogen-bond acceptors (Lipinski definition) is 1. The van der Waals surface area contributed by atoms with Crippen molar-refractivity contribution in [3.8, 4) is 0 Å². The smallest absolute Gasteiger partial charge is 0.269 e. The first-order valence-electron chi connectivity index (χ1n) is 3.20. The Labute approximate surface area is 81.1 Å². The zero-order valence-electron chi connectivity index (χ0n) is 6.20. The number of aryl methyl sites for hydroxylation is 1. The van der Waals surface area contributed by atoms with E-state index in [0.717, 1.165) is 0 Å².